The monoisotopic (exact) mass is 234 g/mol. The molecule has 0 radical (unpaired) electrons. The summed E-state index contributed by atoms with van der Waals surface area (Å²) in [6.45, 7) is 3.35. The van der Waals surface area contributed by atoms with Gasteiger partial charge in [-0.05, 0) is 32.1 Å². The third-order valence-corrected chi connectivity index (χ3v) is 4.11. The van der Waals surface area contributed by atoms with E-state index in [1.54, 1.807) is 0 Å². The second-order valence-corrected chi connectivity index (χ2v) is 5.37. The van der Waals surface area contributed by atoms with Crippen LogP contribution in [0.25, 0.3) is 0 Å². The molecular weight excluding hydrogens is 212 g/mol. The van der Waals surface area contributed by atoms with Crippen LogP contribution < -0.4 is 10.2 Å². The van der Waals surface area contributed by atoms with Crippen LogP contribution in [0.1, 0.15) is 39.0 Å². The molecule has 2 saturated heterocycles. The molecule has 3 rings (SSSR count). The van der Waals surface area contributed by atoms with Crippen molar-refractivity contribution >= 4 is 5.95 Å². The summed E-state index contributed by atoms with van der Waals surface area (Å²) in [7, 11) is 0. The molecule has 1 aromatic rings. The van der Waals surface area contributed by atoms with Crippen LogP contribution >= 0.6 is 0 Å². The van der Waals surface area contributed by atoms with Crippen molar-refractivity contribution in [2.45, 2.75) is 57.2 Å². The molecule has 2 aliphatic rings. The van der Waals surface area contributed by atoms with Crippen molar-refractivity contribution < 1.29 is 0 Å². The third kappa shape index (κ3) is 2.18. The molecule has 2 unspecified atom stereocenters. The Kier molecular flexibility index (Phi) is 3.05. The quantitative estimate of drug-likeness (QED) is 0.836. The Hall–Kier alpha value is -1.03. The maximum absolute atomic E-state index is 4.43. The molecular formula is C13H22N4. The van der Waals surface area contributed by atoms with E-state index in [1.165, 1.54) is 32.1 Å². The Labute approximate surface area is 103 Å². The number of hydrogen-bond acceptors (Lipinski definition) is 3. The number of hydrogen-bond donors (Lipinski definition) is 2. The molecule has 0 spiro atoms. The number of fused-ring (bicyclic) bond motifs is 2. The lowest BCUT2D eigenvalue weighted by atomic mass is 9.98. The molecule has 17 heavy (non-hydrogen) atoms. The fraction of sp³-hybridized carbons (Fsp3) is 0.769. The van der Waals surface area contributed by atoms with Gasteiger partial charge in [0.05, 0.1) is 0 Å². The van der Waals surface area contributed by atoms with Crippen molar-refractivity contribution in [1.82, 2.24) is 15.3 Å². The zero-order valence-electron chi connectivity index (χ0n) is 10.5. The normalized spacial score (nSPS) is 31.7. The summed E-state index contributed by atoms with van der Waals surface area (Å²) in [5, 5.41) is 3.71. The van der Waals surface area contributed by atoms with Crippen molar-refractivity contribution in [1.29, 1.82) is 0 Å². The van der Waals surface area contributed by atoms with E-state index in [2.05, 4.69) is 27.1 Å². The number of aromatic nitrogens is 2. The Bertz CT molecular complexity index is 336. The van der Waals surface area contributed by atoms with Gasteiger partial charge in [-0.25, -0.2) is 4.98 Å². The van der Waals surface area contributed by atoms with Gasteiger partial charge >= 0.3 is 0 Å². The van der Waals surface area contributed by atoms with E-state index < -0.39 is 0 Å². The molecule has 1 aromatic heterocycles. The van der Waals surface area contributed by atoms with Crippen LogP contribution in [0.3, 0.4) is 0 Å². The number of rotatable bonds is 4. The van der Waals surface area contributed by atoms with Crippen molar-refractivity contribution in [2.24, 2.45) is 0 Å². The van der Waals surface area contributed by atoms with Gasteiger partial charge in [-0.1, -0.05) is 6.92 Å². The average molecular weight is 234 g/mol. The maximum atomic E-state index is 4.43. The summed E-state index contributed by atoms with van der Waals surface area (Å²) in [5.74, 6) is 1.05. The Morgan fingerprint density at radius 1 is 1.35 bits per heavy atom. The van der Waals surface area contributed by atoms with E-state index >= 15 is 0 Å². The first-order valence-electron chi connectivity index (χ1n) is 6.89. The largest absolute Gasteiger partial charge is 0.339 e. The lowest BCUT2D eigenvalue weighted by Gasteiger charge is -2.37. The van der Waals surface area contributed by atoms with E-state index in [0.717, 1.165) is 24.6 Å². The molecule has 3 heterocycles. The predicted octanol–water partition coefficient (Wildman–Crippen LogP) is 1.91. The van der Waals surface area contributed by atoms with Gasteiger partial charge in [0.15, 0.2) is 0 Å². The number of H-pyrrole nitrogens is 1. The number of anilines is 1. The van der Waals surface area contributed by atoms with Gasteiger partial charge in [-0.3, -0.25) is 0 Å². The highest BCUT2D eigenvalue weighted by atomic mass is 15.3. The fourth-order valence-electron chi connectivity index (χ4n) is 3.40. The number of imidazole rings is 1. The summed E-state index contributed by atoms with van der Waals surface area (Å²) in [5.41, 5.74) is 0. The van der Waals surface area contributed by atoms with Crippen LogP contribution in [0.15, 0.2) is 12.4 Å². The first-order chi connectivity index (χ1) is 8.36. The van der Waals surface area contributed by atoms with Crippen LogP contribution in [0.4, 0.5) is 5.95 Å². The molecule has 4 heteroatoms. The van der Waals surface area contributed by atoms with E-state index in [4.69, 9.17) is 0 Å². The van der Waals surface area contributed by atoms with Crippen molar-refractivity contribution in [2.75, 3.05) is 11.4 Å². The zero-order valence-corrected chi connectivity index (χ0v) is 10.5. The molecule has 4 nitrogen and oxygen atoms in total. The molecule has 2 N–H and O–H groups in total. The SMILES string of the molecule is CCCN(c1ncc[nH]1)C1CC2CCC(C1)N2. The highest BCUT2D eigenvalue weighted by molar-refractivity contribution is 5.31. The maximum Gasteiger partial charge on any atom is 0.202 e. The van der Waals surface area contributed by atoms with Gasteiger partial charge in [-0.15, -0.1) is 0 Å². The molecule has 2 bridgehead atoms. The van der Waals surface area contributed by atoms with Gasteiger partial charge in [-0.2, -0.15) is 0 Å². The van der Waals surface area contributed by atoms with E-state index in [1.807, 2.05) is 12.4 Å². The summed E-state index contributed by atoms with van der Waals surface area (Å²) >= 11 is 0. The number of aromatic amines is 1. The topological polar surface area (TPSA) is 44.0 Å². The number of piperidine rings is 1. The van der Waals surface area contributed by atoms with E-state index in [0.29, 0.717) is 6.04 Å². The first kappa shape index (κ1) is 11.1. The van der Waals surface area contributed by atoms with Crippen LogP contribution in [0, 0.1) is 0 Å². The van der Waals surface area contributed by atoms with Gasteiger partial charge in [0, 0.05) is 37.1 Å². The molecule has 0 aliphatic carbocycles. The molecule has 2 aliphatic heterocycles. The van der Waals surface area contributed by atoms with Crippen molar-refractivity contribution in [3.63, 3.8) is 0 Å². The molecule has 0 saturated carbocycles. The van der Waals surface area contributed by atoms with Crippen LogP contribution in [-0.2, 0) is 0 Å². The fourth-order valence-corrected chi connectivity index (χ4v) is 3.40. The Morgan fingerprint density at radius 2 is 2.12 bits per heavy atom. The second-order valence-electron chi connectivity index (χ2n) is 5.37. The predicted molar refractivity (Wildman–Crippen MR) is 69.2 cm³/mol. The minimum atomic E-state index is 0.667. The number of nitrogens with one attached hydrogen (secondary N) is 2. The minimum Gasteiger partial charge on any atom is -0.339 e. The minimum absolute atomic E-state index is 0.667. The smallest absolute Gasteiger partial charge is 0.202 e. The van der Waals surface area contributed by atoms with Gasteiger partial charge in [0.2, 0.25) is 5.95 Å². The first-order valence-corrected chi connectivity index (χ1v) is 6.89. The van der Waals surface area contributed by atoms with Crippen LogP contribution in [-0.4, -0.2) is 34.6 Å². The number of nitrogens with zero attached hydrogens (tertiary/aromatic N) is 2. The highest BCUT2D eigenvalue weighted by Gasteiger charge is 2.36. The highest BCUT2D eigenvalue weighted by Crippen LogP contribution is 2.31. The third-order valence-electron chi connectivity index (χ3n) is 4.11. The van der Waals surface area contributed by atoms with Crippen molar-refractivity contribution in [3.8, 4) is 0 Å². The van der Waals surface area contributed by atoms with Gasteiger partial charge in [0.1, 0.15) is 0 Å². The molecule has 0 amide bonds. The average Bonchev–Trinajstić information content (AvgIpc) is 2.96. The summed E-state index contributed by atoms with van der Waals surface area (Å²) in [6, 6.07) is 2.15. The van der Waals surface area contributed by atoms with Crippen LogP contribution in [0.2, 0.25) is 0 Å². The Morgan fingerprint density at radius 3 is 2.71 bits per heavy atom. The van der Waals surface area contributed by atoms with Crippen LogP contribution in [0.5, 0.6) is 0 Å². The van der Waals surface area contributed by atoms with E-state index in [9.17, 15) is 0 Å². The van der Waals surface area contributed by atoms with Crippen molar-refractivity contribution in [3.05, 3.63) is 12.4 Å². The van der Waals surface area contributed by atoms with E-state index in [-0.39, 0.29) is 0 Å². The molecule has 2 fully saturated rings. The molecule has 0 aromatic carbocycles. The zero-order chi connectivity index (χ0) is 11.7. The van der Waals surface area contributed by atoms with Gasteiger partial charge in [0.25, 0.3) is 0 Å². The Balaban J connectivity index is 1.75. The summed E-state index contributed by atoms with van der Waals surface area (Å²) in [6.07, 6.45) is 10.2. The summed E-state index contributed by atoms with van der Waals surface area (Å²) < 4.78 is 0. The summed E-state index contributed by atoms with van der Waals surface area (Å²) in [4.78, 5) is 10.2. The second kappa shape index (κ2) is 4.69. The van der Waals surface area contributed by atoms with Gasteiger partial charge < -0.3 is 15.2 Å². The molecule has 2 atom stereocenters. The standard InChI is InChI=1S/C13H22N4/c1-2-7-17(13-14-5-6-15-13)12-8-10-3-4-11(9-12)16-10/h5-6,10-12,16H,2-4,7-9H2,1H3,(H,14,15). The lowest BCUT2D eigenvalue weighted by molar-refractivity contribution is 0.344. The molecule has 94 valence electrons. The lowest BCUT2D eigenvalue weighted by Crippen LogP contribution is -2.49.